The highest BCUT2D eigenvalue weighted by Crippen LogP contribution is 2.27. The van der Waals surface area contributed by atoms with E-state index < -0.39 is 0 Å². The van der Waals surface area contributed by atoms with Gasteiger partial charge in [-0.25, -0.2) is 0 Å². The first-order valence-electron chi connectivity index (χ1n) is 10.5. The van der Waals surface area contributed by atoms with Crippen molar-refractivity contribution in [1.29, 1.82) is 0 Å². The number of nitrogens with one attached hydrogen (secondary N) is 1. The quantitative estimate of drug-likeness (QED) is 0.251. The number of hydrogen-bond acceptors (Lipinski definition) is 5. The number of anilines is 1. The van der Waals surface area contributed by atoms with Crippen LogP contribution in [0.1, 0.15) is 26.2 Å². The molecule has 0 atom stereocenters. The molecular weight excluding hydrogens is 483 g/mol. The van der Waals surface area contributed by atoms with Crippen LogP contribution in [0.15, 0.2) is 29.3 Å². The number of rotatable bonds is 7. The smallest absolute Gasteiger partial charge is 0.194 e. The van der Waals surface area contributed by atoms with E-state index in [1.165, 1.54) is 0 Å². The number of para-hydroxylation sites is 2. The number of guanidine groups is 1. The van der Waals surface area contributed by atoms with Gasteiger partial charge in [-0.05, 0) is 38.3 Å². The van der Waals surface area contributed by atoms with Gasteiger partial charge in [-0.15, -0.1) is 24.0 Å². The zero-order valence-corrected chi connectivity index (χ0v) is 19.7. The topological polar surface area (TPSA) is 69.6 Å². The Bertz CT molecular complexity index is 618. The van der Waals surface area contributed by atoms with E-state index in [2.05, 4.69) is 22.0 Å². The number of halogens is 1. The van der Waals surface area contributed by atoms with Crippen LogP contribution < -0.4 is 10.2 Å². The predicted molar refractivity (Wildman–Crippen MR) is 128 cm³/mol. The Labute approximate surface area is 191 Å². The number of piperazine rings is 1. The van der Waals surface area contributed by atoms with Crippen LogP contribution in [0.4, 0.5) is 5.69 Å². The lowest BCUT2D eigenvalue weighted by molar-refractivity contribution is -0.0318. The van der Waals surface area contributed by atoms with E-state index >= 15 is 0 Å². The van der Waals surface area contributed by atoms with Gasteiger partial charge in [-0.2, -0.15) is 0 Å². The van der Waals surface area contributed by atoms with Crippen LogP contribution in [0.2, 0.25) is 0 Å². The van der Waals surface area contributed by atoms with Crippen LogP contribution in [0, 0.1) is 0 Å². The van der Waals surface area contributed by atoms with Crippen molar-refractivity contribution in [3.63, 3.8) is 0 Å². The molecule has 2 aliphatic rings. The molecule has 0 aliphatic carbocycles. The molecule has 0 bridgehead atoms. The van der Waals surface area contributed by atoms with E-state index in [1.54, 1.807) is 6.07 Å². The minimum absolute atomic E-state index is 0. The number of aliphatic imine (C=N–C) groups is 1. The summed E-state index contributed by atoms with van der Waals surface area (Å²) in [6, 6.07) is 7.55. The lowest BCUT2D eigenvalue weighted by atomic mass is 10.1. The maximum atomic E-state index is 10.1. The van der Waals surface area contributed by atoms with Crippen LogP contribution >= 0.6 is 24.0 Å². The Morgan fingerprint density at radius 2 is 1.93 bits per heavy atom. The van der Waals surface area contributed by atoms with Gasteiger partial charge in [0.2, 0.25) is 0 Å². The molecule has 1 aromatic rings. The molecule has 2 N–H and O–H groups in total. The maximum Gasteiger partial charge on any atom is 0.194 e. The van der Waals surface area contributed by atoms with Crippen LogP contribution in [0.25, 0.3) is 0 Å². The molecule has 0 aromatic heterocycles. The highest BCUT2D eigenvalue weighted by Gasteiger charge is 2.21. The molecule has 1 aromatic carbocycles. The second-order valence-corrected chi connectivity index (χ2v) is 7.23. The molecule has 7 nitrogen and oxygen atoms in total. The van der Waals surface area contributed by atoms with Crippen molar-refractivity contribution in [2.45, 2.75) is 32.3 Å². The summed E-state index contributed by atoms with van der Waals surface area (Å²) in [5, 5.41) is 13.5. The summed E-state index contributed by atoms with van der Waals surface area (Å²) in [4.78, 5) is 9.33. The molecule has 8 heteroatoms. The van der Waals surface area contributed by atoms with Crippen LogP contribution in [-0.2, 0) is 9.47 Å². The molecule has 0 amide bonds. The van der Waals surface area contributed by atoms with Gasteiger partial charge in [0.05, 0.1) is 11.8 Å². The number of benzene rings is 1. The number of aromatic hydroxyl groups is 1. The van der Waals surface area contributed by atoms with Crippen molar-refractivity contribution < 1.29 is 14.6 Å². The molecule has 3 rings (SSSR count). The van der Waals surface area contributed by atoms with E-state index in [0.717, 1.165) is 90.0 Å². The largest absolute Gasteiger partial charge is 0.506 e. The van der Waals surface area contributed by atoms with Gasteiger partial charge >= 0.3 is 0 Å². The van der Waals surface area contributed by atoms with E-state index in [4.69, 9.17) is 14.5 Å². The fourth-order valence-electron chi connectivity index (χ4n) is 3.66. The first-order chi connectivity index (χ1) is 13.8. The third kappa shape index (κ3) is 7.49. The fraction of sp³-hybridized carbons (Fsp3) is 0.667. The van der Waals surface area contributed by atoms with E-state index in [0.29, 0.717) is 11.9 Å². The van der Waals surface area contributed by atoms with Crippen molar-refractivity contribution in [3.8, 4) is 5.75 Å². The number of phenolic OH excluding ortho intramolecular Hbond substituents is 1. The minimum Gasteiger partial charge on any atom is -0.506 e. The third-order valence-corrected chi connectivity index (χ3v) is 5.22. The molecule has 29 heavy (non-hydrogen) atoms. The van der Waals surface area contributed by atoms with Gasteiger partial charge in [0.15, 0.2) is 5.96 Å². The van der Waals surface area contributed by atoms with Crippen molar-refractivity contribution in [3.05, 3.63) is 24.3 Å². The second kappa shape index (κ2) is 13.1. The summed E-state index contributed by atoms with van der Waals surface area (Å²) in [5.74, 6) is 1.33. The van der Waals surface area contributed by atoms with Gasteiger partial charge < -0.3 is 29.7 Å². The van der Waals surface area contributed by atoms with Gasteiger partial charge in [-0.1, -0.05) is 12.1 Å². The van der Waals surface area contributed by atoms with Crippen LogP contribution in [0.3, 0.4) is 0 Å². The number of nitrogens with zero attached hydrogens (tertiary/aromatic N) is 3. The Balaban J connectivity index is 0.00000300. The molecule has 0 radical (unpaired) electrons. The second-order valence-electron chi connectivity index (χ2n) is 7.23. The van der Waals surface area contributed by atoms with E-state index in [1.807, 2.05) is 18.2 Å². The molecular formula is C21H35IN4O3. The van der Waals surface area contributed by atoms with Crippen molar-refractivity contribution in [2.24, 2.45) is 4.99 Å². The standard InChI is InChI=1S/C21H34N4O3.HI/c1-2-22-21(23-10-5-15-28-18-8-16-27-17-9-18)25-13-11-24(12-14-25)19-6-3-4-7-20(19)26;/h3-4,6-7,18,26H,2,5,8-17H2,1H3,(H,22,23);1H. The molecule has 0 spiro atoms. The van der Waals surface area contributed by atoms with Crippen molar-refractivity contribution in [2.75, 3.05) is 64.0 Å². The Hall–Kier alpha value is -1.26. The molecule has 2 heterocycles. The zero-order valence-electron chi connectivity index (χ0n) is 17.4. The van der Waals surface area contributed by atoms with Gasteiger partial charge in [0.25, 0.3) is 0 Å². The monoisotopic (exact) mass is 518 g/mol. The summed E-state index contributed by atoms with van der Waals surface area (Å²) < 4.78 is 11.3. The van der Waals surface area contributed by atoms with Gasteiger partial charge in [0, 0.05) is 59.1 Å². The highest BCUT2D eigenvalue weighted by molar-refractivity contribution is 14.0. The van der Waals surface area contributed by atoms with Gasteiger partial charge in [0.1, 0.15) is 5.75 Å². The lowest BCUT2D eigenvalue weighted by Crippen LogP contribution is -2.52. The van der Waals surface area contributed by atoms with Crippen molar-refractivity contribution in [1.82, 2.24) is 10.2 Å². The van der Waals surface area contributed by atoms with Crippen LogP contribution in [-0.4, -0.2) is 81.2 Å². The van der Waals surface area contributed by atoms with Crippen molar-refractivity contribution >= 4 is 35.6 Å². The maximum absolute atomic E-state index is 10.1. The molecule has 2 saturated heterocycles. The fourth-order valence-corrected chi connectivity index (χ4v) is 3.66. The third-order valence-electron chi connectivity index (χ3n) is 5.22. The molecule has 2 aliphatic heterocycles. The SMILES string of the molecule is CCNC(=NCCCOC1CCOCC1)N1CCN(c2ccccc2O)CC1.I. The average Bonchev–Trinajstić information content (AvgIpc) is 2.74. The summed E-state index contributed by atoms with van der Waals surface area (Å²) in [6.07, 6.45) is 3.30. The van der Waals surface area contributed by atoms with Gasteiger partial charge in [-0.3, -0.25) is 4.99 Å². The first-order valence-corrected chi connectivity index (χ1v) is 10.5. The van der Waals surface area contributed by atoms with Crippen LogP contribution in [0.5, 0.6) is 5.75 Å². The molecule has 0 unspecified atom stereocenters. The van der Waals surface area contributed by atoms with E-state index in [-0.39, 0.29) is 24.0 Å². The lowest BCUT2D eigenvalue weighted by Gasteiger charge is -2.37. The number of phenols is 1. The summed E-state index contributed by atoms with van der Waals surface area (Å²) >= 11 is 0. The first kappa shape index (κ1) is 24.0. The van der Waals surface area contributed by atoms with E-state index in [9.17, 15) is 5.11 Å². The zero-order chi connectivity index (χ0) is 19.6. The summed E-state index contributed by atoms with van der Waals surface area (Å²) in [7, 11) is 0. The normalized spacial score (nSPS) is 18.4. The Morgan fingerprint density at radius 3 is 2.62 bits per heavy atom. The number of hydrogen-bond donors (Lipinski definition) is 2. The predicted octanol–water partition coefficient (Wildman–Crippen LogP) is 2.68. The minimum atomic E-state index is 0. The molecule has 2 fully saturated rings. The molecule has 0 saturated carbocycles. The Morgan fingerprint density at radius 1 is 1.21 bits per heavy atom. The average molecular weight is 518 g/mol. The summed E-state index contributed by atoms with van der Waals surface area (Å²) in [5.41, 5.74) is 0.911. The molecule has 164 valence electrons. The summed E-state index contributed by atoms with van der Waals surface area (Å²) in [6.45, 7) is 9.64. The highest BCUT2D eigenvalue weighted by atomic mass is 127. The number of ether oxygens (including phenoxy) is 2. The Kier molecular flexibility index (Phi) is 10.9.